The molecule has 2 fully saturated rings. The van der Waals surface area contributed by atoms with E-state index >= 15 is 0 Å². The first-order valence-electron chi connectivity index (χ1n) is 15.9. The van der Waals surface area contributed by atoms with Gasteiger partial charge in [-0.25, -0.2) is 14.6 Å². The van der Waals surface area contributed by atoms with Crippen molar-refractivity contribution < 1.29 is 14.4 Å². The number of aliphatic hydroxyl groups is 1. The van der Waals surface area contributed by atoms with Crippen LogP contribution in [0.25, 0.3) is 22.7 Å². The molecule has 0 amide bonds. The summed E-state index contributed by atoms with van der Waals surface area (Å²) < 4.78 is 14.4. The molecule has 4 aromatic rings. The molecule has 236 valence electrons. The minimum atomic E-state index is -0.849. The third-order valence-corrected chi connectivity index (χ3v) is 11.5. The second-order valence-corrected chi connectivity index (χ2v) is 14.7. The zero-order chi connectivity index (χ0) is 31.1. The number of hydrogen-bond donors (Lipinski definition) is 2. The first kappa shape index (κ1) is 28.8. The largest absolute Gasteiger partial charge is 0.389 e. The number of piperidine rings is 1. The van der Waals surface area contributed by atoms with Crippen molar-refractivity contribution in [1.29, 1.82) is 5.26 Å². The van der Waals surface area contributed by atoms with Gasteiger partial charge < -0.3 is 29.9 Å². The highest BCUT2D eigenvalue weighted by atomic mass is 32.1. The molecule has 0 saturated carbocycles. The number of ether oxygens (including phenoxy) is 1. The van der Waals surface area contributed by atoms with E-state index < -0.39 is 11.0 Å². The maximum absolute atomic E-state index is 11.0. The van der Waals surface area contributed by atoms with Crippen LogP contribution in [0, 0.1) is 11.3 Å². The quantitative estimate of drug-likeness (QED) is 0.337. The average Bonchev–Trinajstić information content (AvgIpc) is 3.81. The van der Waals surface area contributed by atoms with Crippen LogP contribution in [0.3, 0.4) is 0 Å². The van der Waals surface area contributed by atoms with Crippen molar-refractivity contribution >= 4 is 33.3 Å². The smallest absolute Gasteiger partial charge is 0.186 e. The van der Waals surface area contributed by atoms with Crippen molar-refractivity contribution in [1.82, 2.24) is 35.0 Å². The summed E-state index contributed by atoms with van der Waals surface area (Å²) in [6, 6.07) is 2.70. The number of thiophene rings is 1. The fourth-order valence-electron chi connectivity index (χ4n) is 8.25. The zero-order valence-electron chi connectivity index (χ0n) is 25.9. The van der Waals surface area contributed by atoms with Crippen LogP contribution in [0.5, 0.6) is 0 Å². The van der Waals surface area contributed by atoms with Crippen molar-refractivity contribution in [2.24, 2.45) is 0 Å². The fourth-order valence-corrected chi connectivity index (χ4v) is 9.41. The molecule has 45 heavy (non-hydrogen) atoms. The van der Waals surface area contributed by atoms with Crippen LogP contribution in [-0.2, 0) is 23.2 Å². The minimum Gasteiger partial charge on any atom is -0.389 e. The Morgan fingerprint density at radius 1 is 1.20 bits per heavy atom. The van der Waals surface area contributed by atoms with Gasteiger partial charge in [0.25, 0.3) is 0 Å². The van der Waals surface area contributed by atoms with Gasteiger partial charge >= 0.3 is 0 Å². The van der Waals surface area contributed by atoms with Crippen molar-refractivity contribution in [2.75, 3.05) is 43.9 Å². The standard InChI is InChI=1S/C31H38N10O3S/c1-17(20-7-5-11-39(20)3)41-29-24(36-38-41)28(40-12-6-9-30(2,42)15-40)34-27(35-29)23-19-14-43-16-31(25(19)44-37-23)10-4-8-21-22(31)18(13-32)26(33)45-21/h17,20,42H,4-12,14-16,33H2,1-3H3/t17-,20-,30+,31+/m0/s1. The van der Waals surface area contributed by atoms with Crippen molar-refractivity contribution in [2.45, 2.75) is 88.5 Å². The summed E-state index contributed by atoms with van der Waals surface area (Å²) in [5.41, 5.74) is 8.83. The maximum atomic E-state index is 11.0. The third-order valence-electron chi connectivity index (χ3n) is 10.4. The predicted octanol–water partition coefficient (Wildman–Crippen LogP) is 3.55. The summed E-state index contributed by atoms with van der Waals surface area (Å²) in [5.74, 6) is 1.75. The van der Waals surface area contributed by atoms with Crippen LogP contribution in [0.1, 0.15) is 85.7 Å². The van der Waals surface area contributed by atoms with E-state index in [4.69, 9.17) is 25.0 Å². The lowest BCUT2D eigenvalue weighted by molar-refractivity contribution is 0.0448. The maximum Gasteiger partial charge on any atom is 0.186 e. The number of fused-ring (bicyclic) bond motifs is 5. The SMILES string of the molecule is C[C@@H]([C@@H]1CCCN1C)n1nnc2c(N3CCC[C@@](C)(O)C3)nc(-c3noc4c3COC[C@@]43CCCc4sc(N)c(C#N)c43)nc21. The lowest BCUT2D eigenvalue weighted by atomic mass is 9.68. The van der Waals surface area contributed by atoms with Gasteiger partial charge in [-0.2, -0.15) is 5.26 Å². The van der Waals surface area contributed by atoms with Gasteiger partial charge in [-0.05, 0) is 72.4 Å². The Balaban J connectivity index is 1.30. The Bertz CT molecular complexity index is 1830. The first-order chi connectivity index (χ1) is 21.7. The summed E-state index contributed by atoms with van der Waals surface area (Å²) in [6.45, 7) is 6.93. The summed E-state index contributed by atoms with van der Waals surface area (Å²) in [6.07, 6.45) is 6.34. The van der Waals surface area contributed by atoms with Crippen LogP contribution in [0.15, 0.2) is 4.52 Å². The zero-order valence-corrected chi connectivity index (χ0v) is 26.7. The molecule has 0 bridgehead atoms. The molecule has 0 radical (unpaired) electrons. The monoisotopic (exact) mass is 630 g/mol. The number of nitrogens with zero attached hydrogens (tertiary/aromatic N) is 9. The van der Waals surface area contributed by atoms with E-state index in [9.17, 15) is 10.4 Å². The van der Waals surface area contributed by atoms with E-state index in [0.29, 0.717) is 70.6 Å². The Labute approximate surface area is 265 Å². The van der Waals surface area contributed by atoms with Gasteiger partial charge in [0.05, 0.1) is 41.4 Å². The Hall–Kier alpha value is -3.64. The second-order valence-electron chi connectivity index (χ2n) is 13.5. The van der Waals surface area contributed by atoms with Crippen LogP contribution in [-0.4, -0.2) is 85.1 Å². The molecule has 1 aliphatic carbocycles. The molecule has 14 heteroatoms. The number of aryl methyl sites for hydroxylation is 1. The Morgan fingerprint density at radius 2 is 2.07 bits per heavy atom. The number of likely N-dealkylation sites (N-methyl/N-ethyl adjacent to an activating group) is 1. The molecule has 3 N–H and O–H groups in total. The van der Waals surface area contributed by atoms with Gasteiger partial charge in [-0.1, -0.05) is 10.4 Å². The van der Waals surface area contributed by atoms with E-state index in [1.54, 1.807) is 0 Å². The Kier molecular flexibility index (Phi) is 6.69. The number of nitrogens with two attached hydrogens (primary N) is 1. The third kappa shape index (κ3) is 4.39. The molecule has 2 saturated heterocycles. The number of hydrogen-bond acceptors (Lipinski definition) is 13. The van der Waals surface area contributed by atoms with E-state index in [1.807, 2.05) is 11.6 Å². The normalized spacial score (nSPS) is 27.5. The summed E-state index contributed by atoms with van der Waals surface area (Å²) in [7, 11) is 2.15. The summed E-state index contributed by atoms with van der Waals surface area (Å²) >= 11 is 1.49. The number of nitriles is 1. The van der Waals surface area contributed by atoms with E-state index in [2.05, 4.69) is 45.3 Å². The molecule has 4 aliphatic rings. The van der Waals surface area contributed by atoms with Crippen LogP contribution >= 0.6 is 11.3 Å². The van der Waals surface area contributed by atoms with Gasteiger partial charge in [0.1, 0.15) is 11.1 Å². The topological polar surface area (TPSA) is 168 Å². The van der Waals surface area contributed by atoms with Crippen molar-refractivity contribution in [3.8, 4) is 17.6 Å². The first-order valence-corrected chi connectivity index (χ1v) is 16.7. The van der Waals surface area contributed by atoms with Gasteiger partial charge in [0.2, 0.25) is 0 Å². The number of likely N-dealkylation sites (tertiary alicyclic amines) is 1. The highest BCUT2D eigenvalue weighted by Gasteiger charge is 2.50. The minimum absolute atomic E-state index is 0.0366. The molecule has 13 nitrogen and oxygen atoms in total. The second kappa shape index (κ2) is 10.4. The van der Waals surface area contributed by atoms with Gasteiger partial charge in [-0.3, -0.25) is 0 Å². The number of β-amino-alcohol motifs (C(OH)–C–C–N with tert-alkyl or cyclic N) is 1. The lowest BCUT2D eigenvalue weighted by Crippen LogP contribution is -2.46. The van der Waals surface area contributed by atoms with Crippen molar-refractivity contribution in [3.05, 3.63) is 27.3 Å². The predicted molar refractivity (Wildman–Crippen MR) is 168 cm³/mol. The molecule has 8 rings (SSSR count). The lowest BCUT2D eigenvalue weighted by Gasteiger charge is -2.38. The molecule has 0 unspecified atom stereocenters. The molecular weight excluding hydrogens is 592 g/mol. The highest BCUT2D eigenvalue weighted by Crippen LogP contribution is 2.52. The van der Waals surface area contributed by atoms with Crippen molar-refractivity contribution in [3.63, 3.8) is 0 Å². The van der Waals surface area contributed by atoms with Gasteiger partial charge in [0, 0.05) is 29.6 Å². The summed E-state index contributed by atoms with van der Waals surface area (Å²) in [4.78, 5) is 15.7. The Morgan fingerprint density at radius 3 is 2.84 bits per heavy atom. The average molecular weight is 631 g/mol. The van der Waals surface area contributed by atoms with Crippen LogP contribution < -0.4 is 10.6 Å². The number of rotatable bonds is 4. The van der Waals surface area contributed by atoms with E-state index in [-0.39, 0.29) is 6.04 Å². The number of nitrogen functional groups attached to an aromatic ring is 1. The molecule has 7 heterocycles. The number of aromatic nitrogens is 6. The highest BCUT2D eigenvalue weighted by molar-refractivity contribution is 7.16. The molecule has 0 aromatic carbocycles. The van der Waals surface area contributed by atoms with E-state index in [1.165, 1.54) is 11.3 Å². The molecule has 3 aliphatic heterocycles. The molecular formula is C31H38N10O3S. The van der Waals surface area contributed by atoms with Gasteiger partial charge in [0.15, 0.2) is 34.3 Å². The fraction of sp³-hybridized carbons (Fsp3) is 0.613. The molecule has 4 atom stereocenters. The van der Waals surface area contributed by atoms with Gasteiger partial charge in [-0.15, -0.1) is 16.4 Å². The number of anilines is 2. The molecule has 4 aromatic heterocycles. The van der Waals surface area contributed by atoms with E-state index in [0.717, 1.165) is 74.0 Å². The van der Waals surface area contributed by atoms with Crippen LogP contribution in [0.4, 0.5) is 10.8 Å². The van der Waals surface area contributed by atoms with Crippen LogP contribution in [0.2, 0.25) is 0 Å². The summed E-state index contributed by atoms with van der Waals surface area (Å²) in [5, 5.41) is 35.5. The molecule has 1 spiro atoms.